The van der Waals surface area contributed by atoms with E-state index >= 15 is 0 Å². The molecule has 1 aliphatic rings. The zero-order valence-corrected chi connectivity index (χ0v) is 17.5. The fourth-order valence-corrected chi connectivity index (χ4v) is 4.82. The molecule has 2 aromatic rings. The summed E-state index contributed by atoms with van der Waals surface area (Å²) >= 11 is 0. The lowest BCUT2D eigenvalue weighted by Crippen LogP contribution is -2.40. The summed E-state index contributed by atoms with van der Waals surface area (Å²) in [6, 6.07) is 14.9. The normalized spacial score (nSPS) is 16.6. The van der Waals surface area contributed by atoms with Crippen molar-refractivity contribution in [3.05, 3.63) is 59.7 Å². The van der Waals surface area contributed by atoms with E-state index in [1.54, 1.807) is 19.2 Å². The van der Waals surface area contributed by atoms with Crippen molar-refractivity contribution < 1.29 is 13.2 Å². The maximum Gasteiger partial charge on any atom is 0.240 e. The molecule has 28 heavy (non-hydrogen) atoms. The predicted octanol–water partition coefficient (Wildman–Crippen LogP) is 3.76. The minimum atomic E-state index is -3.56. The highest BCUT2D eigenvalue weighted by Crippen LogP contribution is 2.31. The van der Waals surface area contributed by atoms with Gasteiger partial charge in [-0.2, -0.15) is 0 Å². The molecule has 0 amide bonds. The van der Waals surface area contributed by atoms with Crippen molar-refractivity contribution in [3.8, 4) is 5.75 Å². The highest BCUT2D eigenvalue weighted by molar-refractivity contribution is 7.89. The van der Waals surface area contributed by atoms with Gasteiger partial charge in [0.25, 0.3) is 0 Å². The van der Waals surface area contributed by atoms with Gasteiger partial charge in [0.2, 0.25) is 10.0 Å². The number of para-hydroxylation sites is 1. The lowest BCUT2D eigenvalue weighted by atomic mass is 10.0. The van der Waals surface area contributed by atoms with E-state index in [1.807, 2.05) is 36.4 Å². The summed E-state index contributed by atoms with van der Waals surface area (Å²) in [5.41, 5.74) is 2.15. The zero-order valence-electron chi connectivity index (χ0n) is 16.7. The van der Waals surface area contributed by atoms with E-state index in [4.69, 9.17) is 4.74 Å². The largest absolute Gasteiger partial charge is 0.496 e. The molecule has 6 heteroatoms. The van der Waals surface area contributed by atoms with E-state index in [1.165, 1.54) is 6.42 Å². The number of nitrogens with one attached hydrogen (secondary N) is 1. The minimum absolute atomic E-state index is 0.0545. The molecule has 5 nitrogen and oxygen atoms in total. The first-order valence-corrected chi connectivity index (χ1v) is 11.5. The third kappa shape index (κ3) is 4.93. The molecular formula is C22H30N2O3S. The van der Waals surface area contributed by atoms with E-state index in [9.17, 15) is 8.42 Å². The monoisotopic (exact) mass is 402 g/mol. The van der Waals surface area contributed by atoms with Gasteiger partial charge in [0.1, 0.15) is 5.75 Å². The number of aryl methyl sites for hydroxylation is 1. The molecule has 2 aromatic carbocycles. The Bertz CT molecular complexity index is 860. The van der Waals surface area contributed by atoms with Gasteiger partial charge in [-0.05, 0) is 56.1 Å². The van der Waals surface area contributed by atoms with Crippen LogP contribution in [0.4, 0.5) is 0 Å². The maximum atomic E-state index is 12.8. The fraction of sp³-hybridized carbons (Fsp3) is 0.455. The first-order valence-electron chi connectivity index (χ1n) is 10.0. The van der Waals surface area contributed by atoms with E-state index in [-0.39, 0.29) is 6.04 Å². The highest BCUT2D eigenvalue weighted by Gasteiger charge is 2.26. The van der Waals surface area contributed by atoms with Gasteiger partial charge in [-0.1, -0.05) is 43.7 Å². The Morgan fingerprint density at radius 3 is 2.36 bits per heavy atom. The molecule has 1 unspecified atom stereocenters. The second kappa shape index (κ2) is 9.54. The Balaban J connectivity index is 1.82. The summed E-state index contributed by atoms with van der Waals surface area (Å²) in [6.45, 7) is 4.31. The van der Waals surface area contributed by atoms with Gasteiger partial charge in [-0.25, -0.2) is 13.1 Å². The molecule has 0 spiro atoms. The van der Waals surface area contributed by atoms with Gasteiger partial charge < -0.3 is 4.74 Å². The smallest absolute Gasteiger partial charge is 0.240 e. The molecule has 3 rings (SSSR count). The topological polar surface area (TPSA) is 58.6 Å². The van der Waals surface area contributed by atoms with Crippen LogP contribution in [-0.4, -0.2) is 40.1 Å². The van der Waals surface area contributed by atoms with Crippen LogP contribution in [0.2, 0.25) is 0 Å². The molecule has 1 aliphatic heterocycles. The minimum Gasteiger partial charge on any atom is -0.496 e. The van der Waals surface area contributed by atoms with Crippen LogP contribution in [0.15, 0.2) is 53.4 Å². The highest BCUT2D eigenvalue weighted by atomic mass is 32.2. The molecule has 1 saturated heterocycles. The number of hydrogen-bond donors (Lipinski definition) is 1. The second-order valence-corrected chi connectivity index (χ2v) is 8.97. The van der Waals surface area contributed by atoms with Crippen LogP contribution in [0.25, 0.3) is 0 Å². The van der Waals surface area contributed by atoms with Crippen molar-refractivity contribution in [3.63, 3.8) is 0 Å². The van der Waals surface area contributed by atoms with Crippen molar-refractivity contribution in [1.29, 1.82) is 0 Å². The number of benzene rings is 2. The molecule has 152 valence electrons. The lowest BCUT2D eigenvalue weighted by Gasteiger charge is -2.35. The van der Waals surface area contributed by atoms with Gasteiger partial charge in [0.05, 0.1) is 18.0 Å². The third-order valence-electron chi connectivity index (χ3n) is 5.44. The van der Waals surface area contributed by atoms with Crippen molar-refractivity contribution in [1.82, 2.24) is 9.62 Å². The first kappa shape index (κ1) is 20.8. The third-order valence-corrected chi connectivity index (χ3v) is 6.88. The number of methoxy groups -OCH3 is 1. The van der Waals surface area contributed by atoms with E-state index in [0.29, 0.717) is 11.4 Å². The number of hydrogen-bond acceptors (Lipinski definition) is 4. The van der Waals surface area contributed by atoms with Crippen LogP contribution < -0.4 is 9.46 Å². The molecule has 0 aliphatic carbocycles. The Kier molecular flexibility index (Phi) is 7.10. The molecule has 1 N–H and O–H groups in total. The van der Waals surface area contributed by atoms with Gasteiger partial charge in [-0.15, -0.1) is 0 Å². The second-order valence-electron chi connectivity index (χ2n) is 7.20. The van der Waals surface area contributed by atoms with Gasteiger partial charge >= 0.3 is 0 Å². The molecule has 0 aromatic heterocycles. The van der Waals surface area contributed by atoms with Crippen LogP contribution in [0.1, 0.15) is 43.4 Å². The molecule has 1 fully saturated rings. The standard InChI is InChI=1S/C22H30N2O3S/c1-3-18-11-13-19(14-12-18)28(25,26)23-17-21(24-15-7-4-8-16-24)20-9-5-6-10-22(20)27-2/h5-6,9-14,21,23H,3-4,7-8,15-17H2,1-2H3. The average molecular weight is 403 g/mol. The van der Waals surface area contributed by atoms with E-state index < -0.39 is 10.0 Å². The Morgan fingerprint density at radius 1 is 1.04 bits per heavy atom. The number of piperidine rings is 1. The van der Waals surface area contributed by atoms with Crippen molar-refractivity contribution in [2.75, 3.05) is 26.7 Å². The fourth-order valence-electron chi connectivity index (χ4n) is 3.78. The maximum absolute atomic E-state index is 12.8. The summed E-state index contributed by atoms with van der Waals surface area (Å²) in [5.74, 6) is 0.796. The van der Waals surface area contributed by atoms with Crippen LogP contribution in [0.3, 0.4) is 0 Å². The molecule has 0 bridgehead atoms. The number of sulfonamides is 1. The van der Waals surface area contributed by atoms with Crippen LogP contribution in [0, 0.1) is 0 Å². The summed E-state index contributed by atoms with van der Waals surface area (Å²) < 4.78 is 34.1. The molecular weight excluding hydrogens is 372 g/mol. The van der Waals surface area contributed by atoms with E-state index in [0.717, 1.165) is 49.2 Å². The van der Waals surface area contributed by atoms with Crippen molar-refractivity contribution >= 4 is 10.0 Å². The molecule has 1 heterocycles. The summed E-state index contributed by atoms with van der Waals surface area (Å²) in [4.78, 5) is 2.67. The Labute approximate surface area is 168 Å². The van der Waals surface area contributed by atoms with Crippen LogP contribution in [0.5, 0.6) is 5.75 Å². The van der Waals surface area contributed by atoms with Gasteiger partial charge in [-0.3, -0.25) is 4.90 Å². The van der Waals surface area contributed by atoms with Crippen LogP contribution >= 0.6 is 0 Å². The summed E-state index contributed by atoms with van der Waals surface area (Å²) in [5, 5.41) is 0. The molecule has 0 radical (unpaired) electrons. The summed E-state index contributed by atoms with van der Waals surface area (Å²) in [6.07, 6.45) is 4.39. The Morgan fingerprint density at radius 2 is 1.71 bits per heavy atom. The SMILES string of the molecule is CCc1ccc(S(=O)(=O)NCC(c2ccccc2OC)N2CCCCC2)cc1. The zero-order chi connectivity index (χ0) is 20.0. The quantitative estimate of drug-likeness (QED) is 0.730. The number of nitrogens with zero attached hydrogens (tertiary/aromatic N) is 1. The Hall–Kier alpha value is -1.89. The first-order chi connectivity index (χ1) is 13.5. The molecule has 0 saturated carbocycles. The lowest BCUT2D eigenvalue weighted by molar-refractivity contribution is 0.162. The van der Waals surface area contributed by atoms with Gasteiger partial charge in [0, 0.05) is 12.1 Å². The van der Waals surface area contributed by atoms with E-state index in [2.05, 4.69) is 16.5 Å². The number of rotatable bonds is 8. The number of likely N-dealkylation sites (tertiary alicyclic amines) is 1. The van der Waals surface area contributed by atoms with Crippen LogP contribution in [-0.2, 0) is 16.4 Å². The van der Waals surface area contributed by atoms with Gasteiger partial charge in [0.15, 0.2) is 0 Å². The predicted molar refractivity (Wildman–Crippen MR) is 112 cm³/mol. The van der Waals surface area contributed by atoms with Crippen molar-refractivity contribution in [2.24, 2.45) is 0 Å². The van der Waals surface area contributed by atoms with Crippen molar-refractivity contribution in [2.45, 2.75) is 43.5 Å². The summed E-state index contributed by atoms with van der Waals surface area (Å²) in [7, 11) is -1.91. The average Bonchev–Trinajstić information content (AvgIpc) is 2.75. The molecule has 1 atom stereocenters. The number of ether oxygens (including phenoxy) is 1.